The fraction of sp³-hybridized carbons (Fsp3) is 0.444. The molecule has 1 saturated heterocycles. The number of rotatable bonds is 8. The summed E-state index contributed by atoms with van der Waals surface area (Å²) in [4.78, 5) is 26.8. The number of anilines is 2. The molecule has 1 aromatic heterocycles. The number of ether oxygens (including phenoxy) is 2. The van der Waals surface area contributed by atoms with Crippen molar-refractivity contribution in [1.29, 1.82) is 0 Å². The molecule has 8 nitrogen and oxygen atoms in total. The van der Waals surface area contributed by atoms with Crippen molar-refractivity contribution in [1.82, 2.24) is 10.2 Å². The summed E-state index contributed by atoms with van der Waals surface area (Å²) in [6.45, 7) is 2.87. The number of hydrogen-bond donors (Lipinski definition) is 1. The standard InChI is InChI=1S/C18H22N4O4S2/c1-11-4-5-14(26-3)13(8-11)22-10-12(9-15(22)23)16(24)19-17-20-21-18(28-17)27-7-6-25-2/h4-5,8,12H,6-7,9-10H2,1-3H3,(H,19,20,24). The lowest BCUT2D eigenvalue weighted by Crippen LogP contribution is -2.28. The Morgan fingerprint density at radius 3 is 2.96 bits per heavy atom. The van der Waals surface area contributed by atoms with E-state index in [2.05, 4.69) is 15.5 Å². The number of amides is 2. The van der Waals surface area contributed by atoms with Crippen LogP contribution in [-0.4, -0.2) is 55.1 Å². The maximum atomic E-state index is 12.6. The van der Waals surface area contributed by atoms with E-state index in [1.165, 1.54) is 23.1 Å². The van der Waals surface area contributed by atoms with Crippen molar-refractivity contribution < 1.29 is 19.1 Å². The second-order valence-electron chi connectivity index (χ2n) is 6.28. The molecule has 0 bridgehead atoms. The van der Waals surface area contributed by atoms with Gasteiger partial charge in [0.05, 0.1) is 25.3 Å². The maximum absolute atomic E-state index is 12.6. The van der Waals surface area contributed by atoms with Gasteiger partial charge in [-0.1, -0.05) is 29.2 Å². The minimum atomic E-state index is -0.453. The molecule has 2 heterocycles. The molecule has 10 heteroatoms. The minimum Gasteiger partial charge on any atom is -0.495 e. The third kappa shape index (κ3) is 4.81. The van der Waals surface area contributed by atoms with E-state index in [-0.39, 0.29) is 18.2 Å². The van der Waals surface area contributed by atoms with Gasteiger partial charge in [-0.3, -0.25) is 9.59 Å². The van der Waals surface area contributed by atoms with Crippen LogP contribution in [0, 0.1) is 12.8 Å². The SMILES string of the molecule is COCCSc1nnc(NC(=O)C2CC(=O)N(c3cc(C)ccc3OC)C2)s1. The monoisotopic (exact) mass is 422 g/mol. The number of aryl methyl sites for hydroxylation is 1. The number of hydrogen-bond acceptors (Lipinski definition) is 8. The summed E-state index contributed by atoms with van der Waals surface area (Å²) in [5.41, 5.74) is 1.71. The van der Waals surface area contributed by atoms with Crippen molar-refractivity contribution in [2.45, 2.75) is 17.7 Å². The van der Waals surface area contributed by atoms with Gasteiger partial charge in [-0.05, 0) is 24.6 Å². The van der Waals surface area contributed by atoms with Crippen molar-refractivity contribution in [2.24, 2.45) is 5.92 Å². The molecular weight excluding hydrogens is 400 g/mol. The third-order valence-electron chi connectivity index (χ3n) is 4.27. The van der Waals surface area contributed by atoms with E-state index in [4.69, 9.17) is 9.47 Å². The van der Waals surface area contributed by atoms with Gasteiger partial charge >= 0.3 is 0 Å². The summed E-state index contributed by atoms with van der Waals surface area (Å²) in [5.74, 6) is 0.598. The fourth-order valence-electron chi connectivity index (χ4n) is 2.87. The molecule has 0 aliphatic carbocycles. The van der Waals surface area contributed by atoms with Gasteiger partial charge in [0.1, 0.15) is 5.75 Å². The predicted molar refractivity (Wildman–Crippen MR) is 109 cm³/mol. The highest BCUT2D eigenvalue weighted by Crippen LogP contribution is 2.34. The smallest absolute Gasteiger partial charge is 0.231 e. The van der Waals surface area contributed by atoms with Crippen LogP contribution >= 0.6 is 23.1 Å². The quantitative estimate of drug-likeness (QED) is 0.397. The Morgan fingerprint density at radius 1 is 1.39 bits per heavy atom. The number of methoxy groups -OCH3 is 2. The molecule has 0 spiro atoms. The van der Waals surface area contributed by atoms with E-state index in [1.54, 1.807) is 19.1 Å². The highest BCUT2D eigenvalue weighted by atomic mass is 32.2. The number of benzene rings is 1. The highest BCUT2D eigenvalue weighted by Gasteiger charge is 2.36. The largest absolute Gasteiger partial charge is 0.495 e. The van der Waals surface area contributed by atoms with Crippen LogP contribution in [0.25, 0.3) is 0 Å². The van der Waals surface area contributed by atoms with Crippen LogP contribution in [0.3, 0.4) is 0 Å². The first-order valence-electron chi connectivity index (χ1n) is 8.73. The number of carbonyl (C=O) groups is 2. The normalized spacial score (nSPS) is 16.5. The number of nitrogens with zero attached hydrogens (tertiary/aromatic N) is 3. The van der Waals surface area contributed by atoms with E-state index in [0.29, 0.717) is 29.7 Å². The van der Waals surface area contributed by atoms with Crippen molar-refractivity contribution in [2.75, 3.05) is 43.3 Å². The molecule has 1 atom stereocenters. The van der Waals surface area contributed by atoms with Gasteiger partial charge in [-0.25, -0.2) is 0 Å². The highest BCUT2D eigenvalue weighted by molar-refractivity contribution is 8.01. The summed E-state index contributed by atoms with van der Waals surface area (Å²) in [6.07, 6.45) is 0.150. The zero-order chi connectivity index (χ0) is 20.1. The fourth-order valence-corrected chi connectivity index (χ4v) is 4.59. The number of thioether (sulfide) groups is 1. The van der Waals surface area contributed by atoms with Crippen LogP contribution in [0.1, 0.15) is 12.0 Å². The van der Waals surface area contributed by atoms with Crippen LogP contribution in [0.15, 0.2) is 22.5 Å². The zero-order valence-corrected chi connectivity index (χ0v) is 17.6. The molecule has 1 aliphatic heterocycles. The first-order valence-corrected chi connectivity index (χ1v) is 10.5. The Bertz CT molecular complexity index is 858. The first-order chi connectivity index (χ1) is 13.5. The molecule has 1 aromatic carbocycles. The number of nitrogens with one attached hydrogen (secondary N) is 1. The van der Waals surface area contributed by atoms with Gasteiger partial charge in [0.2, 0.25) is 16.9 Å². The van der Waals surface area contributed by atoms with Gasteiger partial charge in [0.25, 0.3) is 0 Å². The lowest BCUT2D eigenvalue weighted by molar-refractivity contribution is -0.122. The topological polar surface area (TPSA) is 93.7 Å². The molecule has 1 aliphatic rings. The van der Waals surface area contributed by atoms with Crippen LogP contribution in [0.4, 0.5) is 10.8 Å². The van der Waals surface area contributed by atoms with Crippen LogP contribution < -0.4 is 15.0 Å². The molecule has 3 rings (SSSR count). The van der Waals surface area contributed by atoms with E-state index in [9.17, 15) is 9.59 Å². The predicted octanol–water partition coefficient (Wildman–Crippen LogP) is 2.59. The zero-order valence-electron chi connectivity index (χ0n) is 15.9. The maximum Gasteiger partial charge on any atom is 0.231 e. The Labute approximate surface area is 171 Å². The van der Waals surface area contributed by atoms with Crippen molar-refractivity contribution in [3.63, 3.8) is 0 Å². The molecule has 1 unspecified atom stereocenters. The van der Waals surface area contributed by atoms with Crippen LogP contribution in [0.2, 0.25) is 0 Å². The molecule has 150 valence electrons. The molecule has 28 heavy (non-hydrogen) atoms. The van der Waals surface area contributed by atoms with Gasteiger partial charge in [0, 0.05) is 25.8 Å². The first kappa shape index (κ1) is 20.6. The Kier molecular flexibility index (Phi) is 6.87. The minimum absolute atomic E-state index is 0.0999. The Hall–Kier alpha value is -2.17. The second kappa shape index (κ2) is 9.35. The van der Waals surface area contributed by atoms with Crippen molar-refractivity contribution in [3.05, 3.63) is 23.8 Å². The Morgan fingerprint density at radius 2 is 2.21 bits per heavy atom. The molecular formula is C18H22N4O4S2. The summed E-state index contributed by atoms with van der Waals surface area (Å²) < 4.78 is 11.1. The summed E-state index contributed by atoms with van der Waals surface area (Å²) >= 11 is 2.83. The van der Waals surface area contributed by atoms with E-state index in [1.807, 2.05) is 25.1 Å². The lowest BCUT2D eigenvalue weighted by Gasteiger charge is -2.20. The van der Waals surface area contributed by atoms with Gasteiger partial charge in [0.15, 0.2) is 4.34 Å². The van der Waals surface area contributed by atoms with Gasteiger partial charge < -0.3 is 19.7 Å². The Balaban J connectivity index is 1.63. The van der Waals surface area contributed by atoms with E-state index >= 15 is 0 Å². The summed E-state index contributed by atoms with van der Waals surface area (Å²) in [7, 11) is 3.21. The summed E-state index contributed by atoms with van der Waals surface area (Å²) in [5, 5.41) is 11.3. The molecule has 0 saturated carbocycles. The van der Waals surface area contributed by atoms with Crippen molar-refractivity contribution in [3.8, 4) is 5.75 Å². The van der Waals surface area contributed by atoms with E-state index < -0.39 is 5.92 Å². The molecule has 1 fully saturated rings. The van der Waals surface area contributed by atoms with Crippen molar-refractivity contribution >= 4 is 45.7 Å². The third-order valence-corrected chi connectivity index (χ3v) is 6.21. The lowest BCUT2D eigenvalue weighted by atomic mass is 10.1. The van der Waals surface area contributed by atoms with Gasteiger partial charge in [-0.15, -0.1) is 10.2 Å². The number of aromatic nitrogens is 2. The number of carbonyl (C=O) groups excluding carboxylic acids is 2. The molecule has 0 radical (unpaired) electrons. The second-order valence-corrected chi connectivity index (χ2v) is 8.60. The average Bonchev–Trinajstić information content (AvgIpc) is 3.28. The van der Waals surface area contributed by atoms with E-state index in [0.717, 1.165) is 15.7 Å². The van der Waals surface area contributed by atoms with Crippen LogP contribution in [0.5, 0.6) is 5.75 Å². The molecule has 2 amide bonds. The molecule has 1 N–H and O–H groups in total. The summed E-state index contributed by atoms with van der Waals surface area (Å²) in [6, 6.07) is 5.64. The van der Waals surface area contributed by atoms with Crippen LogP contribution in [-0.2, 0) is 14.3 Å². The average molecular weight is 423 g/mol. The van der Waals surface area contributed by atoms with Gasteiger partial charge in [-0.2, -0.15) is 0 Å². The molecule has 2 aromatic rings.